The summed E-state index contributed by atoms with van der Waals surface area (Å²) in [4.78, 5) is 8.56. The standard InChI is InChI=1S/C28H55N3/c1-7-29(26-12-9-10-13-26)22(3)16-18-24(5)31(28-14-11-15-28)25(6)19-17-23(4)30(8-2)27-20-21-27/h22-28H,7-21H2,1-6H3. The average molecular weight is 434 g/mol. The third-order valence-corrected chi connectivity index (χ3v) is 9.19. The van der Waals surface area contributed by atoms with E-state index in [1.807, 2.05) is 0 Å². The predicted molar refractivity (Wildman–Crippen MR) is 136 cm³/mol. The Labute approximate surface area is 195 Å². The molecule has 3 aliphatic carbocycles. The van der Waals surface area contributed by atoms with Gasteiger partial charge in [-0.15, -0.1) is 0 Å². The van der Waals surface area contributed by atoms with Gasteiger partial charge in [-0.1, -0.05) is 33.1 Å². The topological polar surface area (TPSA) is 9.72 Å². The van der Waals surface area contributed by atoms with Crippen molar-refractivity contribution in [3.05, 3.63) is 0 Å². The van der Waals surface area contributed by atoms with Crippen molar-refractivity contribution in [1.82, 2.24) is 14.7 Å². The Bertz CT molecular complexity index is 494. The van der Waals surface area contributed by atoms with Crippen LogP contribution in [0.2, 0.25) is 0 Å². The number of rotatable bonds is 15. The highest BCUT2D eigenvalue weighted by atomic mass is 15.2. The highest BCUT2D eigenvalue weighted by molar-refractivity contribution is 4.90. The molecule has 3 rings (SSSR count). The zero-order chi connectivity index (χ0) is 22.4. The molecule has 182 valence electrons. The van der Waals surface area contributed by atoms with Gasteiger partial charge in [0, 0.05) is 42.3 Å². The van der Waals surface area contributed by atoms with E-state index < -0.39 is 0 Å². The fourth-order valence-electron chi connectivity index (χ4n) is 6.94. The Morgan fingerprint density at radius 1 is 0.516 bits per heavy atom. The second-order valence-electron chi connectivity index (χ2n) is 11.4. The van der Waals surface area contributed by atoms with Crippen molar-refractivity contribution in [2.75, 3.05) is 13.1 Å². The summed E-state index contributed by atoms with van der Waals surface area (Å²) >= 11 is 0. The van der Waals surface area contributed by atoms with Crippen LogP contribution in [0.15, 0.2) is 0 Å². The van der Waals surface area contributed by atoms with E-state index in [1.54, 1.807) is 0 Å². The van der Waals surface area contributed by atoms with Gasteiger partial charge in [0.25, 0.3) is 0 Å². The number of nitrogens with zero attached hydrogens (tertiary/aromatic N) is 3. The minimum atomic E-state index is 0.728. The van der Waals surface area contributed by atoms with Crippen LogP contribution in [0.4, 0.5) is 0 Å². The first-order valence-electron chi connectivity index (χ1n) is 14.2. The van der Waals surface area contributed by atoms with Crippen LogP contribution >= 0.6 is 0 Å². The van der Waals surface area contributed by atoms with Crippen LogP contribution < -0.4 is 0 Å². The van der Waals surface area contributed by atoms with Gasteiger partial charge in [0.2, 0.25) is 0 Å². The molecular weight excluding hydrogens is 378 g/mol. The molecule has 4 unspecified atom stereocenters. The second kappa shape index (κ2) is 12.4. The Hall–Kier alpha value is -0.120. The summed E-state index contributed by atoms with van der Waals surface area (Å²) in [5.74, 6) is 0. The minimum absolute atomic E-state index is 0.728. The van der Waals surface area contributed by atoms with E-state index in [-0.39, 0.29) is 0 Å². The van der Waals surface area contributed by atoms with Crippen molar-refractivity contribution in [3.8, 4) is 0 Å². The van der Waals surface area contributed by atoms with Crippen LogP contribution in [0.5, 0.6) is 0 Å². The van der Waals surface area contributed by atoms with Crippen LogP contribution in [-0.2, 0) is 0 Å². The molecule has 0 aromatic carbocycles. The van der Waals surface area contributed by atoms with E-state index in [2.05, 4.69) is 56.2 Å². The normalized spacial score (nSPS) is 24.7. The van der Waals surface area contributed by atoms with Crippen molar-refractivity contribution >= 4 is 0 Å². The fraction of sp³-hybridized carbons (Fsp3) is 1.00. The summed E-state index contributed by atoms with van der Waals surface area (Å²) in [5.41, 5.74) is 0. The summed E-state index contributed by atoms with van der Waals surface area (Å²) in [7, 11) is 0. The molecule has 0 aromatic heterocycles. The molecule has 0 spiro atoms. The smallest absolute Gasteiger partial charge is 0.0101 e. The van der Waals surface area contributed by atoms with E-state index in [0.29, 0.717) is 0 Å². The molecule has 3 fully saturated rings. The lowest BCUT2D eigenvalue weighted by Gasteiger charge is -2.46. The van der Waals surface area contributed by atoms with E-state index in [9.17, 15) is 0 Å². The molecule has 3 aliphatic rings. The summed E-state index contributed by atoms with van der Waals surface area (Å²) < 4.78 is 0. The Morgan fingerprint density at radius 3 is 1.26 bits per heavy atom. The molecule has 3 heteroatoms. The Balaban J connectivity index is 1.49. The maximum absolute atomic E-state index is 2.96. The lowest BCUT2D eigenvalue weighted by atomic mass is 9.87. The molecule has 0 heterocycles. The second-order valence-corrected chi connectivity index (χ2v) is 11.4. The van der Waals surface area contributed by atoms with Gasteiger partial charge >= 0.3 is 0 Å². The van der Waals surface area contributed by atoms with Gasteiger partial charge in [-0.3, -0.25) is 14.7 Å². The minimum Gasteiger partial charge on any atom is -0.298 e. The van der Waals surface area contributed by atoms with Crippen molar-refractivity contribution in [1.29, 1.82) is 0 Å². The average Bonchev–Trinajstić information content (AvgIpc) is 3.41. The Morgan fingerprint density at radius 2 is 0.903 bits per heavy atom. The van der Waals surface area contributed by atoms with E-state index in [4.69, 9.17) is 0 Å². The van der Waals surface area contributed by atoms with E-state index >= 15 is 0 Å². The van der Waals surface area contributed by atoms with Gasteiger partial charge in [-0.05, 0) is 105 Å². The molecule has 0 aliphatic heterocycles. The van der Waals surface area contributed by atoms with Crippen LogP contribution in [0.25, 0.3) is 0 Å². The third-order valence-electron chi connectivity index (χ3n) is 9.19. The quantitative estimate of drug-likeness (QED) is 0.284. The highest BCUT2D eigenvalue weighted by Crippen LogP contribution is 2.33. The van der Waals surface area contributed by atoms with E-state index in [1.165, 1.54) is 96.6 Å². The molecule has 0 radical (unpaired) electrons. The molecule has 0 bridgehead atoms. The Kier molecular flexibility index (Phi) is 10.2. The van der Waals surface area contributed by atoms with Crippen LogP contribution in [0.1, 0.15) is 125 Å². The molecule has 3 nitrogen and oxygen atoms in total. The third kappa shape index (κ3) is 6.93. The van der Waals surface area contributed by atoms with E-state index in [0.717, 1.165) is 42.3 Å². The maximum atomic E-state index is 2.96. The predicted octanol–water partition coefficient (Wildman–Crippen LogP) is 6.70. The summed E-state index contributed by atoms with van der Waals surface area (Å²) in [6.45, 7) is 17.3. The first-order valence-corrected chi connectivity index (χ1v) is 14.2. The van der Waals surface area contributed by atoms with Crippen LogP contribution in [0, 0.1) is 0 Å². The lowest BCUT2D eigenvalue weighted by molar-refractivity contribution is 0.0319. The van der Waals surface area contributed by atoms with Crippen LogP contribution in [-0.4, -0.2) is 70.1 Å². The van der Waals surface area contributed by atoms with Gasteiger partial charge in [-0.2, -0.15) is 0 Å². The zero-order valence-corrected chi connectivity index (χ0v) is 22.0. The van der Waals surface area contributed by atoms with Crippen LogP contribution in [0.3, 0.4) is 0 Å². The van der Waals surface area contributed by atoms with Gasteiger partial charge in [0.1, 0.15) is 0 Å². The fourth-order valence-corrected chi connectivity index (χ4v) is 6.94. The number of hydrogen-bond acceptors (Lipinski definition) is 3. The molecule has 0 saturated heterocycles. The summed E-state index contributed by atoms with van der Waals surface area (Å²) in [5, 5.41) is 0. The lowest BCUT2D eigenvalue weighted by Crippen LogP contribution is -2.51. The number of hydrogen-bond donors (Lipinski definition) is 0. The van der Waals surface area contributed by atoms with Gasteiger partial charge in [0.05, 0.1) is 0 Å². The van der Waals surface area contributed by atoms with Gasteiger partial charge < -0.3 is 0 Å². The van der Waals surface area contributed by atoms with Crippen molar-refractivity contribution in [2.24, 2.45) is 0 Å². The molecule has 4 atom stereocenters. The maximum Gasteiger partial charge on any atom is 0.0101 e. The molecule has 0 N–H and O–H groups in total. The van der Waals surface area contributed by atoms with Gasteiger partial charge in [-0.25, -0.2) is 0 Å². The summed E-state index contributed by atoms with van der Waals surface area (Å²) in [6.07, 6.45) is 18.4. The van der Waals surface area contributed by atoms with Crippen molar-refractivity contribution in [3.63, 3.8) is 0 Å². The molecule has 3 saturated carbocycles. The SMILES string of the molecule is CCN(C(C)CCC(C)N(C(C)CCC(C)N(CC)C1CC1)C1CCC1)C1CCCC1. The largest absolute Gasteiger partial charge is 0.298 e. The van der Waals surface area contributed by atoms with Gasteiger partial charge in [0.15, 0.2) is 0 Å². The molecule has 0 aromatic rings. The molecular formula is C28H55N3. The highest BCUT2D eigenvalue weighted by Gasteiger charge is 2.34. The first-order chi connectivity index (χ1) is 15.0. The molecule has 0 amide bonds. The molecule has 31 heavy (non-hydrogen) atoms. The van der Waals surface area contributed by atoms with Crippen molar-refractivity contribution in [2.45, 2.75) is 167 Å². The van der Waals surface area contributed by atoms with Crippen molar-refractivity contribution < 1.29 is 0 Å². The monoisotopic (exact) mass is 433 g/mol. The summed E-state index contributed by atoms with van der Waals surface area (Å²) in [6, 6.07) is 5.58. The first kappa shape index (κ1) is 25.5. The zero-order valence-electron chi connectivity index (χ0n) is 22.0.